The highest BCUT2D eigenvalue weighted by atomic mass is 35.5. The largest absolute Gasteiger partial charge is 0.343 e. The van der Waals surface area contributed by atoms with E-state index in [1.165, 1.54) is 6.26 Å². The molecule has 0 bridgehead atoms. The second-order valence-corrected chi connectivity index (χ2v) is 7.81. The fourth-order valence-corrected chi connectivity index (χ4v) is 3.25. The van der Waals surface area contributed by atoms with E-state index in [1.807, 2.05) is 24.3 Å². The fraction of sp³-hybridized carbons (Fsp3) is 0.385. The number of hydrogen-bond donors (Lipinski definition) is 1. The molecule has 1 N–H and O–H groups in total. The Morgan fingerprint density at radius 2 is 2.11 bits per heavy atom. The Hall–Kier alpha value is -0.710. The van der Waals surface area contributed by atoms with Gasteiger partial charge >= 0.3 is 0 Å². The van der Waals surface area contributed by atoms with Crippen molar-refractivity contribution in [3.63, 3.8) is 0 Å². The third-order valence-electron chi connectivity index (χ3n) is 3.00. The van der Waals surface area contributed by atoms with Crippen molar-refractivity contribution in [2.45, 2.75) is 18.8 Å². The number of rotatable bonds is 5. The highest BCUT2D eigenvalue weighted by molar-refractivity contribution is 7.91. The monoisotopic (exact) mass is 318 g/mol. The van der Waals surface area contributed by atoms with Crippen molar-refractivity contribution in [1.82, 2.24) is 4.57 Å². The Balaban J connectivity index is 2.30. The van der Waals surface area contributed by atoms with Crippen LogP contribution in [0.15, 0.2) is 24.3 Å². The highest BCUT2D eigenvalue weighted by Gasteiger charge is 2.09. The van der Waals surface area contributed by atoms with Crippen LogP contribution in [-0.2, 0) is 22.2 Å². The zero-order valence-electron chi connectivity index (χ0n) is 10.7. The summed E-state index contributed by atoms with van der Waals surface area (Å²) in [6.07, 6.45) is 2.18. The second kappa shape index (κ2) is 5.73. The summed E-state index contributed by atoms with van der Waals surface area (Å²) in [7, 11) is -2.42. The number of nitrogens with zero attached hydrogens (tertiary/aromatic N) is 1. The molecular weight excluding hydrogens is 303 g/mol. The molecule has 2 aromatic rings. The summed E-state index contributed by atoms with van der Waals surface area (Å²) >= 11 is 11.9. The molecule has 0 radical (unpaired) electrons. The summed E-state index contributed by atoms with van der Waals surface area (Å²) in [5, 5.41) is 1.76. The molecule has 0 aliphatic carbocycles. The molecule has 0 amide bonds. The zero-order chi connectivity index (χ0) is 14.0. The molecule has 1 unspecified atom stereocenters. The number of alkyl halides is 1. The van der Waals surface area contributed by atoms with Crippen molar-refractivity contribution in [2.24, 2.45) is 0 Å². The quantitative estimate of drug-likeness (QED) is 0.829. The topological polar surface area (TPSA) is 45.9 Å². The Morgan fingerprint density at radius 1 is 1.37 bits per heavy atom. The molecular formula is C13H16Cl2N2OS. The molecule has 1 aromatic heterocycles. The van der Waals surface area contributed by atoms with E-state index in [2.05, 4.69) is 4.57 Å². The van der Waals surface area contributed by atoms with Crippen LogP contribution in [0.3, 0.4) is 0 Å². The van der Waals surface area contributed by atoms with E-state index >= 15 is 0 Å². The van der Waals surface area contributed by atoms with Gasteiger partial charge in [-0.2, -0.15) is 0 Å². The van der Waals surface area contributed by atoms with Crippen molar-refractivity contribution >= 4 is 43.8 Å². The average Bonchev–Trinajstić information content (AvgIpc) is 2.65. The van der Waals surface area contributed by atoms with Gasteiger partial charge in [0.25, 0.3) is 0 Å². The van der Waals surface area contributed by atoms with Crippen LogP contribution in [-0.4, -0.2) is 20.8 Å². The number of hydrogen-bond acceptors (Lipinski definition) is 2. The summed E-state index contributed by atoms with van der Waals surface area (Å²) < 4.78 is 20.9. The summed E-state index contributed by atoms with van der Waals surface area (Å²) in [5.74, 6) is 0.830. The predicted octanol–water partition coefficient (Wildman–Crippen LogP) is 4.10. The van der Waals surface area contributed by atoms with Crippen molar-refractivity contribution in [1.29, 1.82) is 4.78 Å². The average molecular weight is 319 g/mol. The number of benzene rings is 1. The Kier molecular flexibility index (Phi) is 4.43. The number of aromatic nitrogens is 1. The van der Waals surface area contributed by atoms with Gasteiger partial charge in [-0.3, -0.25) is 8.99 Å². The van der Waals surface area contributed by atoms with E-state index in [0.29, 0.717) is 23.1 Å². The van der Waals surface area contributed by atoms with Gasteiger partial charge in [-0.25, -0.2) is 0 Å². The maximum absolute atomic E-state index is 11.4. The molecule has 0 aliphatic heterocycles. The lowest BCUT2D eigenvalue weighted by Gasteiger charge is -2.09. The van der Waals surface area contributed by atoms with Gasteiger partial charge in [0.15, 0.2) is 0 Å². The lowest BCUT2D eigenvalue weighted by atomic mass is 10.2. The van der Waals surface area contributed by atoms with Crippen molar-refractivity contribution < 1.29 is 4.21 Å². The van der Waals surface area contributed by atoms with Gasteiger partial charge in [-0.15, -0.1) is 11.6 Å². The van der Waals surface area contributed by atoms with Crippen LogP contribution in [0.5, 0.6) is 0 Å². The van der Waals surface area contributed by atoms with E-state index in [-0.39, 0.29) is 0 Å². The predicted molar refractivity (Wildman–Crippen MR) is 82.8 cm³/mol. The molecule has 2 rings (SSSR count). The van der Waals surface area contributed by atoms with E-state index in [1.54, 1.807) is 0 Å². The van der Waals surface area contributed by atoms with Gasteiger partial charge in [0, 0.05) is 49.9 Å². The molecule has 0 aliphatic rings. The number of aryl methyl sites for hydroxylation is 1. The zero-order valence-corrected chi connectivity index (χ0v) is 13.0. The fourth-order valence-electron chi connectivity index (χ4n) is 2.17. The van der Waals surface area contributed by atoms with Crippen LogP contribution in [0.4, 0.5) is 0 Å². The Morgan fingerprint density at radius 3 is 2.74 bits per heavy atom. The molecule has 1 aromatic carbocycles. The Labute approximate surface area is 123 Å². The number of fused-ring (bicyclic) bond motifs is 1. The normalized spacial score (nSPS) is 14.7. The minimum absolute atomic E-state index is 0.405. The summed E-state index contributed by atoms with van der Waals surface area (Å²) in [6.45, 7) is 0.719. The van der Waals surface area contributed by atoms with E-state index in [0.717, 1.165) is 23.1 Å². The number of nitrogens with one attached hydrogen (secondary N) is 1. The maximum Gasteiger partial charge on any atom is 0.0627 e. The van der Waals surface area contributed by atoms with Crippen LogP contribution >= 0.6 is 23.2 Å². The first-order chi connectivity index (χ1) is 8.90. The molecule has 1 atom stereocenters. The highest BCUT2D eigenvalue weighted by Crippen LogP contribution is 2.25. The smallest absolute Gasteiger partial charge is 0.0627 e. The lowest BCUT2D eigenvalue weighted by molar-refractivity contribution is 0.656. The van der Waals surface area contributed by atoms with Gasteiger partial charge in [0.2, 0.25) is 0 Å². The standard InChI is InChI=1S/C13H16Cl2N2OS/c1-19(16,18)6-2-5-17-12(9-14)8-10-7-11(15)3-4-13(10)17/h3-4,7-8,16H,2,5-6,9H2,1H3. The van der Waals surface area contributed by atoms with Crippen LogP contribution in [0, 0.1) is 4.78 Å². The maximum atomic E-state index is 11.4. The molecule has 1 heterocycles. The van der Waals surface area contributed by atoms with Gasteiger partial charge in [-0.1, -0.05) is 11.6 Å². The molecule has 0 spiro atoms. The summed E-state index contributed by atoms with van der Waals surface area (Å²) in [5.41, 5.74) is 2.10. The minimum atomic E-state index is -2.42. The van der Waals surface area contributed by atoms with Gasteiger partial charge in [-0.05, 0) is 30.7 Å². The molecule has 104 valence electrons. The Bertz CT molecular complexity index is 692. The van der Waals surface area contributed by atoms with Gasteiger partial charge < -0.3 is 4.57 Å². The summed E-state index contributed by atoms with van der Waals surface area (Å²) in [4.78, 5) is 0. The van der Waals surface area contributed by atoms with Crippen molar-refractivity contribution in [3.05, 3.63) is 35.0 Å². The van der Waals surface area contributed by atoms with Crippen LogP contribution in [0.2, 0.25) is 5.02 Å². The third kappa shape index (κ3) is 3.65. The number of halogens is 2. The van der Waals surface area contributed by atoms with Crippen LogP contribution in [0.25, 0.3) is 10.9 Å². The molecule has 0 fully saturated rings. The van der Waals surface area contributed by atoms with Gasteiger partial charge in [0.1, 0.15) is 0 Å². The molecule has 0 saturated heterocycles. The van der Waals surface area contributed by atoms with E-state index in [9.17, 15) is 4.21 Å². The lowest BCUT2D eigenvalue weighted by Crippen LogP contribution is -2.08. The first-order valence-corrected chi connectivity index (χ1v) is 9.00. The molecule has 3 nitrogen and oxygen atoms in total. The van der Waals surface area contributed by atoms with Crippen LogP contribution in [0.1, 0.15) is 12.1 Å². The molecule has 0 saturated carbocycles. The first kappa shape index (κ1) is 14.7. The van der Waals surface area contributed by atoms with Crippen molar-refractivity contribution in [3.8, 4) is 0 Å². The molecule has 19 heavy (non-hydrogen) atoms. The van der Waals surface area contributed by atoms with Crippen molar-refractivity contribution in [2.75, 3.05) is 12.0 Å². The van der Waals surface area contributed by atoms with E-state index in [4.69, 9.17) is 28.0 Å². The van der Waals surface area contributed by atoms with Crippen LogP contribution < -0.4 is 0 Å². The first-order valence-electron chi connectivity index (χ1n) is 5.96. The van der Waals surface area contributed by atoms with Gasteiger partial charge in [0.05, 0.1) is 5.88 Å². The second-order valence-electron chi connectivity index (χ2n) is 4.69. The van der Waals surface area contributed by atoms with E-state index < -0.39 is 9.73 Å². The molecule has 6 heteroatoms. The SMILES string of the molecule is CS(=N)(=O)CCCn1c(CCl)cc2cc(Cl)ccc21. The summed E-state index contributed by atoms with van der Waals surface area (Å²) in [6, 6.07) is 7.76. The minimum Gasteiger partial charge on any atom is -0.343 e. The third-order valence-corrected chi connectivity index (χ3v) is 4.58.